The number of hydrogen-bond acceptors (Lipinski definition) is 1. The largest absolute Gasteiger partial charge is 0.352 e. The van der Waals surface area contributed by atoms with E-state index in [2.05, 4.69) is 11.9 Å². The molecule has 3 heteroatoms. The summed E-state index contributed by atoms with van der Waals surface area (Å²) in [5.74, 6) is -0.0360. The van der Waals surface area contributed by atoms with E-state index in [1.165, 1.54) is 0 Å². The first-order valence-electron chi connectivity index (χ1n) is 4.74. The molecule has 1 amide bonds. The van der Waals surface area contributed by atoms with Crippen LogP contribution < -0.4 is 5.32 Å². The van der Waals surface area contributed by atoms with E-state index in [1.807, 2.05) is 25.1 Å². The van der Waals surface area contributed by atoms with Crippen LogP contribution in [0.1, 0.15) is 12.5 Å². The highest BCUT2D eigenvalue weighted by Gasteiger charge is 2.05. The number of benzene rings is 1. The predicted molar refractivity (Wildman–Crippen MR) is 63.0 cm³/mol. The summed E-state index contributed by atoms with van der Waals surface area (Å²) < 4.78 is 0. The Morgan fingerprint density at radius 2 is 2.13 bits per heavy atom. The van der Waals surface area contributed by atoms with Crippen LogP contribution in [0.2, 0.25) is 5.02 Å². The molecule has 0 aromatic heterocycles. The summed E-state index contributed by atoms with van der Waals surface area (Å²) in [6.45, 7) is 6.10. The molecule has 0 heterocycles. The fourth-order valence-electron chi connectivity index (χ4n) is 1.13. The van der Waals surface area contributed by atoms with Gasteiger partial charge in [-0.2, -0.15) is 0 Å². The molecule has 1 aromatic rings. The van der Waals surface area contributed by atoms with Crippen molar-refractivity contribution >= 4 is 17.5 Å². The van der Waals surface area contributed by atoms with Gasteiger partial charge in [0.05, 0.1) is 6.42 Å². The summed E-state index contributed by atoms with van der Waals surface area (Å²) in [6.07, 6.45) is 0.312. The van der Waals surface area contributed by atoms with Gasteiger partial charge >= 0.3 is 0 Å². The molecule has 0 fully saturated rings. The van der Waals surface area contributed by atoms with Crippen molar-refractivity contribution in [2.24, 2.45) is 0 Å². The Morgan fingerprint density at radius 3 is 2.73 bits per heavy atom. The average molecular weight is 224 g/mol. The smallest absolute Gasteiger partial charge is 0.224 e. The van der Waals surface area contributed by atoms with Crippen LogP contribution in [0, 0.1) is 0 Å². The van der Waals surface area contributed by atoms with Crippen LogP contribution in [0.3, 0.4) is 0 Å². The minimum Gasteiger partial charge on any atom is -0.352 e. The van der Waals surface area contributed by atoms with Crippen LogP contribution >= 0.6 is 11.6 Å². The molecule has 80 valence electrons. The first-order chi connectivity index (χ1) is 7.09. The molecule has 0 unspecified atom stereocenters. The molecule has 1 aromatic carbocycles. The summed E-state index contributed by atoms with van der Waals surface area (Å²) in [5.41, 5.74) is 1.78. The van der Waals surface area contributed by atoms with Gasteiger partial charge in [0.2, 0.25) is 5.91 Å². The summed E-state index contributed by atoms with van der Waals surface area (Å²) in [4.78, 5) is 11.5. The standard InChI is InChI=1S/C12H14ClNO/c1-9(2)8-14-12(15)7-10-5-3-4-6-11(10)13/h3-6H,1,7-8H2,2H3,(H,14,15). The Morgan fingerprint density at radius 1 is 1.47 bits per heavy atom. The molecule has 0 bridgehead atoms. The molecule has 15 heavy (non-hydrogen) atoms. The maximum atomic E-state index is 11.5. The molecule has 0 aliphatic rings. The van der Waals surface area contributed by atoms with Gasteiger partial charge in [-0.3, -0.25) is 4.79 Å². The number of hydrogen-bond donors (Lipinski definition) is 1. The van der Waals surface area contributed by atoms with E-state index in [9.17, 15) is 4.79 Å². The number of rotatable bonds is 4. The molecular weight excluding hydrogens is 210 g/mol. The zero-order chi connectivity index (χ0) is 11.3. The van der Waals surface area contributed by atoms with Crippen LogP contribution in [0.15, 0.2) is 36.4 Å². The number of nitrogens with one attached hydrogen (secondary N) is 1. The van der Waals surface area contributed by atoms with Crippen LogP contribution in [0.4, 0.5) is 0 Å². The maximum Gasteiger partial charge on any atom is 0.224 e. The SMILES string of the molecule is C=C(C)CNC(=O)Cc1ccccc1Cl. The van der Waals surface area contributed by atoms with Crippen LogP contribution in [0.5, 0.6) is 0 Å². The first-order valence-corrected chi connectivity index (χ1v) is 5.12. The molecule has 2 nitrogen and oxygen atoms in total. The number of carbonyl (C=O) groups is 1. The molecule has 0 aliphatic heterocycles. The Labute approximate surface area is 94.9 Å². The topological polar surface area (TPSA) is 29.1 Å². The van der Waals surface area contributed by atoms with Gasteiger partial charge in [0.25, 0.3) is 0 Å². The number of carbonyl (C=O) groups excluding carboxylic acids is 1. The molecule has 0 spiro atoms. The lowest BCUT2D eigenvalue weighted by molar-refractivity contribution is -0.120. The van der Waals surface area contributed by atoms with E-state index in [0.717, 1.165) is 11.1 Å². The molecule has 0 saturated carbocycles. The molecule has 1 rings (SSSR count). The van der Waals surface area contributed by atoms with Crippen molar-refractivity contribution in [1.82, 2.24) is 5.32 Å². The third-order valence-corrected chi connectivity index (χ3v) is 2.26. The lowest BCUT2D eigenvalue weighted by Gasteiger charge is -2.05. The third kappa shape index (κ3) is 4.17. The summed E-state index contributed by atoms with van der Waals surface area (Å²) in [7, 11) is 0. The summed E-state index contributed by atoms with van der Waals surface area (Å²) >= 11 is 5.93. The highest BCUT2D eigenvalue weighted by Crippen LogP contribution is 2.15. The average Bonchev–Trinajstić information content (AvgIpc) is 2.18. The Balaban J connectivity index is 2.52. The lowest BCUT2D eigenvalue weighted by Crippen LogP contribution is -2.26. The van der Waals surface area contributed by atoms with Crippen LogP contribution in [0.25, 0.3) is 0 Å². The van der Waals surface area contributed by atoms with E-state index in [0.29, 0.717) is 18.0 Å². The molecule has 0 radical (unpaired) electrons. The second-order valence-electron chi connectivity index (χ2n) is 3.50. The Kier molecular flexibility index (Phi) is 4.37. The second-order valence-corrected chi connectivity index (χ2v) is 3.91. The quantitative estimate of drug-likeness (QED) is 0.782. The van der Waals surface area contributed by atoms with Crippen LogP contribution in [-0.2, 0) is 11.2 Å². The van der Waals surface area contributed by atoms with E-state index < -0.39 is 0 Å². The van der Waals surface area contributed by atoms with Gasteiger partial charge in [-0.05, 0) is 18.6 Å². The normalized spacial score (nSPS) is 9.73. The van der Waals surface area contributed by atoms with Crippen molar-refractivity contribution in [2.75, 3.05) is 6.54 Å². The van der Waals surface area contributed by atoms with Gasteiger partial charge in [-0.1, -0.05) is 42.0 Å². The van der Waals surface area contributed by atoms with Gasteiger partial charge in [0, 0.05) is 11.6 Å². The van der Waals surface area contributed by atoms with Gasteiger partial charge in [-0.25, -0.2) is 0 Å². The molecular formula is C12H14ClNO. The van der Waals surface area contributed by atoms with Crippen molar-refractivity contribution in [3.63, 3.8) is 0 Å². The first kappa shape index (κ1) is 11.8. The predicted octanol–water partition coefficient (Wildman–Crippen LogP) is 2.57. The van der Waals surface area contributed by atoms with Crippen molar-refractivity contribution in [3.05, 3.63) is 47.0 Å². The van der Waals surface area contributed by atoms with Crippen molar-refractivity contribution < 1.29 is 4.79 Å². The molecule has 0 atom stereocenters. The van der Waals surface area contributed by atoms with Gasteiger partial charge in [0.15, 0.2) is 0 Å². The Hall–Kier alpha value is -1.28. The van der Waals surface area contributed by atoms with Crippen LogP contribution in [-0.4, -0.2) is 12.5 Å². The number of halogens is 1. The molecule has 0 aliphatic carbocycles. The highest BCUT2D eigenvalue weighted by molar-refractivity contribution is 6.31. The zero-order valence-corrected chi connectivity index (χ0v) is 9.47. The highest BCUT2D eigenvalue weighted by atomic mass is 35.5. The fraction of sp³-hybridized carbons (Fsp3) is 0.250. The van der Waals surface area contributed by atoms with E-state index >= 15 is 0 Å². The Bertz CT molecular complexity index is 374. The minimum atomic E-state index is -0.0360. The summed E-state index contributed by atoms with van der Waals surface area (Å²) in [5, 5.41) is 3.39. The van der Waals surface area contributed by atoms with Crippen molar-refractivity contribution in [3.8, 4) is 0 Å². The molecule has 1 N–H and O–H groups in total. The maximum absolute atomic E-state index is 11.5. The summed E-state index contributed by atoms with van der Waals surface area (Å²) in [6, 6.07) is 7.34. The van der Waals surface area contributed by atoms with Gasteiger partial charge < -0.3 is 5.32 Å². The lowest BCUT2D eigenvalue weighted by atomic mass is 10.1. The van der Waals surface area contributed by atoms with Crippen molar-refractivity contribution in [1.29, 1.82) is 0 Å². The van der Waals surface area contributed by atoms with E-state index in [4.69, 9.17) is 11.6 Å². The van der Waals surface area contributed by atoms with E-state index in [-0.39, 0.29) is 5.91 Å². The van der Waals surface area contributed by atoms with E-state index in [1.54, 1.807) is 6.07 Å². The number of amides is 1. The zero-order valence-electron chi connectivity index (χ0n) is 8.72. The molecule has 0 saturated heterocycles. The van der Waals surface area contributed by atoms with Gasteiger partial charge in [-0.15, -0.1) is 0 Å². The van der Waals surface area contributed by atoms with Gasteiger partial charge in [0.1, 0.15) is 0 Å². The monoisotopic (exact) mass is 223 g/mol. The van der Waals surface area contributed by atoms with Crippen molar-refractivity contribution in [2.45, 2.75) is 13.3 Å². The second kappa shape index (κ2) is 5.56. The minimum absolute atomic E-state index is 0.0360. The fourth-order valence-corrected chi connectivity index (χ4v) is 1.33. The third-order valence-electron chi connectivity index (χ3n) is 1.90.